The fourth-order valence-corrected chi connectivity index (χ4v) is 2.25. The predicted molar refractivity (Wildman–Crippen MR) is 72.8 cm³/mol. The molecule has 0 bridgehead atoms. The van der Waals surface area contributed by atoms with Crippen molar-refractivity contribution in [1.29, 1.82) is 0 Å². The molecule has 21 heavy (non-hydrogen) atoms. The van der Waals surface area contributed by atoms with Crippen molar-refractivity contribution in [3.63, 3.8) is 0 Å². The van der Waals surface area contributed by atoms with Gasteiger partial charge in [-0.05, 0) is 19.1 Å². The lowest BCUT2D eigenvalue weighted by Gasteiger charge is -2.16. The molecule has 0 saturated carbocycles. The van der Waals surface area contributed by atoms with E-state index in [4.69, 9.17) is 5.73 Å². The monoisotopic (exact) mass is 291 g/mol. The van der Waals surface area contributed by atoms with Crippen LogP contribution >= 0.6 is 0 Å². The smallest absolute Gasteiger partial charge is 0.293 e. The van der Waals surface area contributed by atoms with Crippen LogP contribution in [0.3, 0.4) is 0 Å². The molecule has 1 aliphatic rings. The van der Waals surface area contributed by atoms with E-state index in [1.54, 1.807) is 0 Å². The van der Waals surface area contributed by atoms with Gasteiger partial charge in [-0.25, -0.2) is 0 Å². The number of carbonyl (C=O) groups excluding carboxylic acids is 3. The first-order chi connectivity index (χ1) is 9.81. The number of hydrogen-bond acceptors (Lipinski definition) is 5. The number of amides is 2. The summed E-state index contributed by atoms with van der Waals surface area (Å²) >= 11 is 0. The Morgan fingerprint density at radius 1 is 1.43 bits per heavy atom. The summed E-state index contributed by atoms with van der Waals surface area (Å²) in [5, 5.41) is 11.1. The van der Waals surface area contributed by atoms with Gasteiger partial charge in [0.15, 0.2) is 5.78 Å². The summed E-state index contributed by atoms with van der Waals surface area (Å²) in [4.78, 5) is 46.0. The van der Waals surface area contributed by atoms with Gasteiger partial charge in [0.1, 0.15) is 5.69 Å². The van der Waals surface area contributed by atoms with E-state index in [1.165, 1.54) is 19.1 Å². The topological polar surface area (TPSA) is 124 Å². The minimum Gasteiger partial charge on any atom is -0.369 e. The highest BCUT2D eigenvalue weighted by atomic mass is 16.6. The van der Waals surface area contributed by atoms with E-state index >= 15 is 0 Å². The molecule has 1 fully saturated rings. The Kier molecular flexibility index (Phi) is 3.70. The van der Waals surface area contributed by atoms with E-state index in [0.29, 0.717) is 0 Å². The molecule has 2 rings (SSSR count). The lowest BCUT2D eigenvalue weighted by Crippen LogP contribution is -2.28. The van der Waals surface area contributed by atoms with Gasteiger partial charge < -0.3 is 10.6 Å². The van der Waals surface area contributed by atoms with Crippen LogP contribution in [0.1, 0.15) is 23.7 Å². The van der Waals surface area contributed by atoms with E-state index in [-0.39, 0.29) is 35.7 Å². The lowest BCUT2D eigenvalue weighted by molar-refractivity contribution is -0.384. The molecule has 1 heterocycles. The number of benzene rings is 1. The Labute approximate surface area is 119 Å². The maximum absolute atomic E-state index is 11.9. The molecule has 110 valence electrons. The number of anilines is 1. The molecule has 0 aromatic heterocycles. The fourth-order valence-electron chi connectivity index (χ4n) is 2.25. The van der Waals surface area contributed by atoms with E-state index in [1.807, 2.05) is 0 Å². The lowest BCUT2D eigenvalue weighted by atomic mass is 10.1. The van der Waals surface area contributed by atoms with Gasteiger partial charge >= 0.3 is 0 Å². The summed E-state index contributed by atoms with van der Waals surface area (Å²) in [6.45, 7) is 1.30. The second-order valence-electron chi connectivity index (χ2n) is 4.82. The zero-order chi connectivity index (χ0) is 15.7. The number of ketones is 1. The van der Waals surface area contributed by atoms with Crippen molar-refractivity contribution < 1.29 is 19.3 Å². The second kappa shape index (κ2) is 5.31. The summed E-state index contributed by atoms with van der Waals surface area (Å²) < 4.78 is 0. The summed E-state index contributed by atoms with van der Waals surface area (Å²) in [7, 11) is 0. The molecule has 1 aliphatic heterocycles. The molecule has 1 aromatic carbocycles. The Bertz CT molecular complexity index is 655. The van der Waals surface area contributed by atoms with Crippen LogP contribution in [-0.4, -0.2) is 29.1 Å². The first kappa shape index (κ1) is 14.6. The van der Waals surface area contributed by atoms with Gasteiger partial charge in [-0.2, -0.15) is 0 Å². The van der Waals surface area contributed by atoms with Crippen molar-refractivity contribution in [2.75, 3.05) is 11.4 Å². The number of hydrogen-bond donors (Lipinski definition) is 1. The molecule has 1 saturated heterocycles. The van der Waals surface area contributed by atoms with Crippen LogP contribution in [0.4, 0.5) is 11.4 Å². The molecule has 0 aliphatic carbocycles. The first-order valence-corrected chi connectivity index (χ1v) is 6.20. The highest BCUT2D eigenvalue weighted by Gasteiger charge is 2.36. The SMILES string of the molecule is CC(=O)c1ccc(N2CC(C(N)=O)CC2=O)c([N+](=O)[O-])c1. The van der Waals surface area contributed by atoms with Crippen molar-refractivity contribution in [3.05, 3.63) is 33.9 Å². The minimum absolute atomic E-state index is 0.00836. The number of nitro groups is 1. The summed E-state index contributed by atoms with van der Waals surface area (Å²) in [5.41, 5.74) is 5.07. The predicted octanol–water partition coefficient (Wildman–Crippen LogP) is 0.636. The van der Waals surface area contributed by atoms with Gasteiger partial charge in [0.05, 0.1) is 10.8 Å². The van der Waals surface area contributed by atoms with Gasteiger partial charge in [0, 0.05) is 24.6 Å². The van der Waals surface area contributed by atoms with Crippen molar-refractivity contribution in [3.8, 4) is 0 Å². The number of rotatable bonds is 4. The number of Topliss-reactive ketones (excluding diaryl/α,β-unsaturated/α-hetero) is 1. The molecular formula is C13H13N3O5. The molecule has 0 radical (unpaired) electrons. The Morgan fingerprint density at radius 2 is 2.10 bits per heavy atom. The van der Waals surface area contributed by atoms with Crippen LogP contribution in [0.5, 0.6) is 0 Å². The van der Waals surface area contributed by atoms with Crippen LogP contribution in [0.15, 0.2) is 18.2 Å². The van der Waals surface area contributed by atoms with E-state index in [2.05, 4.69) is 0 Å². The average Bonchev–Trinajstić information content (AvgIpc) is 2.80. The number of primary amides is 1. The average molecular weight is 291 g/mol. The van der Waals surface area contributed by atoms with Crippen molar-refractivity contribution in [2.45, 2.75) is 13.3 Å². The molecule has 0 spiro atoms. The highest BCUT2D eigenvalue weighted by Crippen LogP contribution is 2.33. The van der Waals surface area contributed by atoms with E-state index in [9.17, 15) is 24.5 Å². The van der Waals surface area contributed by atoms with Crippen molar-refractivity contribution >= 4 is 29.0 Å². The van der Waals surface area contributed by atoms with Crippen LogP contribution in [0.2, 0.25) is 0 Å². The molecule has 1 unspecified atom stereocenters. The first-order valence-electron chi connectivity index (χ1n) is 6.20. The van der Waals surface area contributed by atoms with Gasteiger partial charge in [0.2, 0.25) is 11.8 Å². The van der Waals surface area contributed by atoms with Gasteiger partial charge in [0.25, 0.3) is 5.69 Å². The molecule has 8 nitrogen and oxygen atoms in total. The zero-order valence-corrected chi connectivity index (χ0v) is 11.2. The second-order valence-corrected chi connectivity index (χ2v) is 4.82. The van der Waals surface area contributed by atoms with Crippen LogP contribution in [0, 0.1) is 16.0 Å². The minimum atomic E-state index is -0.662. The Hall–Kier alpha value is -2.77. The summed E-state index contributed by atoms with van der Waals surface area (Å²) in [6.07, 6.45) is -0.0685. The Morgan fingerprint density at radius 3 is 2.57 bits per heavy atom. The highest BCUT2D eigenvalue weighted by molar-refractivity contribution is 6.02. The third-order valence-electron chi connectivity index (χ3n) is 3.40. The third kappa shape index (κ3) is 2.73. The maximum atomic E-state index is 11.9. The number of carbonyl (C=O) groups is 3. The molecule has 1 aromatic rings. The van der Waals surface area contributed by atoms with Crippen molar-refractivity contribution in [2.24, 2.45) is 11.7 Å². The number of nitrogens with zero attached hydrogens (tertiary/aromatic N) is 2. The Balaban J connectivity index is 2.44. The molecule has 2 N–H and O–H groups in total. The third-order valence-corrected chi connectivity index (χ3v) is 3.40. The van der Waals surface area contributed by atoms with Crippen LogP contribution in [-0.2, 0) is 9.59 Å². The van der Waals surface area contributed by atoms with Gasteiger partial charge in [-0.15, -0.1) is 0 Å². The van der Waals surface area contributed by atoms with Gasteiger partial charge in [-0.1, -0.05) is 0 Å². The zero-order valence-electron chi connectivity index (χ0n) is 11.2. The molecule has 2 amide bonds. The molecular weight excluding hydrogens is 278 g/mol. The fraction of sp³-hybridized carbons (Fsp3) is 0.308. The van der Waals surface area contributed by atoms with Crippen LogP contribution in [0.25, 0.3) is 0 Å². The summed E-state index contributed by atoms with van der Waals surface area (Å²) in [5.74, 6) is -2.00. The van der Waals surface area contributed by atoms with Crippen molar-refractivity contribution in [1.82, 2.24) is 0 Å². The van der Waals surface area contributed by atoms with E-state index < -0.39 is 22.7 Å². The number of nitrogens with two attached hydrogens (primary N) is 1. The maximum Gasteiger partial charge on any atom is 0.293 e. The number of nitro benzene ring substituents is 1. The van der Waals surface area contributed by atoms with E-state index in [0.717, 1.165) is 11.0 Å². The van der Waals surface area contributed by atoms with Crippen LogP contribution < -0.4 is 10.6 Å². The quantitative estimate of drug-likeness (QED) is 0.495. The largest absolute Gasteiger partial charge is 0.369 e. The molecule has 8 heteroatoms. The molecule has 1 atom stereocenters. The standard InChI is InChI=1S/C13H13N3O5/c1-7(17)8-2-3-10(11(4-8)16(20)21)15-6-9(13(14)19)5-12(15)18/h2-4,9H,5-6H2,1H3,(H2,14,19). The summed E-state index contributed by atoms with van der Waals surface area (Å²) in [6, 6.07) is 3.88. The normalized spacial score (nSPS) is 17.9. The van der Waals surface area contributed by atoms with Gasteiger partial charge in [-0.3, -0.25) is 24.5 Å².